The number of benzene rings is 2. The summed E-state index contributed by atoms with van der Waals surface area (Å²) in [5.74, 6) is -1.44. The topological polar surface area (TPSA) is 71.4 Å². The lowest BCUT2D eigenvalue weighted by Crippen LogP contribution is -2.54. The van der Waals surface area contributed by atoms with E-state index >= 15 is 0 Å². The molecular formula is C21H16ClN3O3. The van der Waals surface area contributed by atoms with Crippen molar-refractivity contribution in [3.63, 3.8) is 0 Å². The van der Waals surface area contributed by atoms with E-state index in [1.54, 1.807) is 24.3 Å². The van der Waals surface area contributed by atoms with Crippen LogP contribution in [-0.4, -0.2) is 22.4 Å². The standard InChI is InChI=1S/C21H16ClN3O3/c1-2-24-12-13(14-7-3-5-9-17(14)24)11-15-19(26)23-21(28)25(20(15)27)18-10-6-4-8-16(18)22/h3-12H,2H2,1H3,(H,23,26,28)/b15-11-. The molecule has 2 aromatic carbocycles. The summed E-state index contributed by atoms with van der Waals surface area (Å²) in [6.45, 7) is 2.76. The number of carbonyl (C=O) groups is 3. The van der Waals surface area contributed by atoms with E-state index in [0.29, 0.717) is 0 Å². The zero-order valence-corrected chi connectivity index (χ0v) is 15.7. The highest BCUT2D eigenvalue weighted by Crippen LogP contribution is 2.30. The van der Waals surface area contributed by atoms with Crippen molar-refractivity contribution in [3.8, 4) is 0 Å². The number of fused-ring (bicyclic) bond motifs is 1. The van der Waals surface area contributed by atoms with Gasteiger partial charge >= 0.3 is 6.03 Å². The fourth-order valence-corrected chi connectivity index (χ4v) is 3.54. The lowest BCUT2D eigenvalue weighted by Gasteiger charge is -2.26. The van der Waals surface area contributed by atoms with Crippen molar-refractivity contribution in [1.29, 1.82) is 0 Å². The van der Waals surface area contributed by atoms with E-state index in [4.69, 9.17) is 11.6 Å². The quantitative estimate of drug-likeness (QED) is 0.540. The Morgan fingerprint density at radius 2 is 1.75 bits per heavy atom. The minimum absolute atomic E-state index is 0.126. The van der Waals surface area contributed by atoms with Gasteiger partial charge in [-0.05, 0) is 31.2 Å². The number of aryl methyl sites for hydroxylation is 1. The summed E-state index contributed by atoms with van der Waals surface area (Å²) in [7, 11) is 0. The van der Waals surface area contributed by atoms with Crippen molar-refractivity contribution < 1.29 is 14.4 Å². The average molecular weight is 394 g/mol. The summed E-state index contributed by atoms with van der Waals surface area (Å²) in [6, 6.07) is 13.4. The normalized spacial score (nSPS) is 16.1. The number of carbonyl (C=O) groups excluding carboxylic acids is 3. The van der Waals surface area contributed by atoms with Gasteiger partial charge < -0.3 is 4.57 Å². The van der Waals surface area contributed by atoms with Gasteiger partial charge in [-0.1, -0.05) is 41.9 Å². The minimum Gasteiger partial charge on any atom is -0.347 e. The van der Waals surface area contributed by atoms with Crippen LogP contribution in [0.2, 0.25) is 5.02 Å². The van der Waals surface area contributed by atoms with E-state index in [2.05, 4.69) is 5.32 Å². The molecular weight excluding hydrogens is 378 g/mol. The van der Waals surface area contributed by atoms with Crippen molar-refractivity contribution >= 4 is 52.1 Å². The number of anilines is 1. The molecule has 1 aromatic heterocycles. The first-order valence-corrected chi connectivity index (χ1v) is 9.13. The maximum Gasteiger partial charge on any atom is 0.335 e. The molecule has 0 unspecified atom stereocenters. The predicted molar refractivity (Wildman–Crippen MR) is 108 cm³/mol. The van der Waals surface area contributed by atoms with Crippen LogP contribution in [0.4, 0.5) is 10.5 Å². The Hall–Kier alpha value is -3.38. The minimum atomic E-state index is -0.823. The second kappa shape index (κ2) is 6.98. The highest BCUT2D eigenvalue weighted by Gasteiger charge is 2.37. The van der Waals surface area contributed by atoms with Gasteiger partial charge in [0.05, 0.1) is 10.7 Å². The second-order valence-corrected chi connectivity index (χ2v) is 6.70. The highest BCUT2D eigenvalue weighted by molar-refractivity contribution is 6.42. The summed E-state index contributed by atoms with van der Waals surface area (Å²) in [6.07, 6.45) is 3.40. The Morgan fingerprint density at radius 1 is 1.04 bits per heavy atom. The molecule has 2 heterocycles. The zero-order valence-electron chi connectivity index (χ0n) is 15.0. The van der Waals surface area contributed by atoms with E-state index in [1.807, 2.05) is 42.0 Å². The van der Waals surface area contributed by atoms with Gasteiger partial charge in [0.2, 0.25) is 0 Å². The summed E-state index contributed by atoms with van der Waals surface area (Å²) in [4.78, 5) is 38.6. The third-order valence-corrected chi connectivity index (χ3v) is 4.97. The van der Waals surface area contributed by atoms with Gasteiger partial charge in [0.1, 0.15) is 5.57 Å². The third kappa shape index (κ3) is 2.88. The van der Waals surface area contributed by atoms with E-state index in [0.717, 1.165) is 27.9 Å². The molecule has 0 saturated carbocycles. The first kappa shape index (κ1) is 18.0. The number of imide groups is 2. The number of para-hydroxylation sites is 2. The van der Waals surface area contributed by atoms with Crippen LogP contribution in [0.25, 0.3) is 17.0 Å². The molecule has 0 aliphatic carbocycles. The SMILES string of the molecule is CCn1cc(/C=C2/C(=O)NC(=O)N(c3ccccc3Cl)C2=O)c2ccccc21. The molecule has 0 atom stereocenters. The van der Waals surface area contributed by atoms with Crippen molar-refractivity contribution in [2.75, 3.05) is 4.90 Å². The number of amides is 4. The number of nitrogens with zero attached hydrogens (tertiary/aromatic N) is 2. The fraction of sp³-hybridized carbons (Fsp3) is 0.0952. The monoisotopic (exact) mass is 393 g/mol. The second-order valence-electron chi connectivity index (χ2n) is 6.30. The van der Waals surface area contributed by atoms with Crippen LogP contribution < -0.4 is 10.2 Å². The van der Waals surface area contributed by atoms with Gasteiger partial charge in [-0.2, -0.15) is 0 Å². The summed E-state index contributed by atoms with van der Waals surface area (Å²) < 4.78 is 2.03. The first-order valence-electron chi connectivity index (χ1n) is 8.75. The molecule has 0 bridgehead atoms. The Morgan fingerprint density at radius 3 is 2.50 bits per heavy atom. The van der Waals surface area contributed by atoms with Gasteiger partial charge in [0, 0.05) is 29.2 Å². The van der Waals surface area contributed by atoms with Crippen LogP contribution in [0, 0.1) is 0 Å². The van der Waals surface area contributed by atoms with Gasteiger partial charge in [-0.25, -0.2) is 9.69 Å². The molecule has 28 heavy (non-hydrogen) atoms. The van der Waals surface area contributed by atoms with Crippen molar-refractivity contribution in [2.24, 2.45) is 0 Å². The van der Waals surface area contributed by atoms with Crippen molar-refractivity contribution in [1.82, 2.24) is 9.88 Å². The molecule has 140 valence electrons. The molecule has 0 spiro atoms. The van der Waals surface area contributed by atoms with Crippen molar-refractivity contribution in [3.05, 3.63) is 70.9 Å². The zero-order chi connectivity index (χ0) is 19.8. The number of hydrogen-bond donors (Lipinski definition) is 1. The number of urea groups is 1. The van der Waals surface area contributed by atoms with E-state index in [1.165, 1.54) is 6.08 Å². The molecule has 1 fully saturated rings. The molecule has 7 heteroatoms. The van der Waals surface area contributed by atoms with E-state index in [-0.39, 0.29) is 16.3 Å². The van der Waals surface area contributed by atoms with Crippen molar-refractivity contribution in [2.45, 2.75) is 13.5 Å². The molecule has 6 nitrogen and oxygen atoms in total. The molecule has 4 amide bonds. The highest BCUT2D eigenvalue weighted by atomic mass is 35.5. The van der Waals surface area contributed by atoms with Crippen LogP contribution in [0.1, 0.15) is 12.5 Å². The third-order valence-electron chi connectivity index (χ3n) is 4.65. The number of halogens is 1. The Bertz CT molecular complexity index is 1160. The number of nitrogens with one attached hydrogen (secondary N) is 1. The Kier molecular flexibility index (Phi) is 4.49. The Labute approximate surface area is 166 Å². The van der Waals surface area contributed by atoms with Gasteiger partial charge in [0.15, 0.2) is 0 Å². The predicted octanol–water partition coefficient (Wildman–Crippen LogP) is 3.98. The summed E-state index contributed by atoms with van der Waals surface area (Å²) in [5, 5.41) is 3.37. The van der Waals surface area contributed by atoms with Gasteiger partial charge in [-0.3, -0.25) is 14.9 Å². The molecule has 1 N–H and O–H groups in total. The number of rotatable bonds is 3. The van der Waals surface area contributed by atoms with E-state index < -0.39 is 17.8 Å². The van der Waals surface area contributed by atoms with Crippen LogP contribution in [0.3, 0.4) is 0 Å². The summed E-state index contributed by atoms with van der Waals surface area (Å²) >= 11 is 6.15. The van der Waals surface area contributed by atoms with E-state index in [9.17, 15) is 14.4 Å². The molecule has 1 saturated heterocycles. The number of barbiturate groups is 1. The molecule has 3 aromatic rings. The maximum absolute atomic E-state index is 13.0. The lowest BCUT2D eigenvalue weighted by atomic mass is 10.1. The van der Waals surface area contributed by atoms with Gasteiger partial charge in [-0.15, -0.1) is 0 Å². The molecule has 0 radical (unpaired) electrons. The largest absolute Gasteiger partial charge is 0.347 e. The van der Waals surface area contributed by atoms with Crippen LogP contribution >= 0.6 is 11.6 Å². The maximum atomic E-state index is 13.0. The molecule has 1 aliphatic rings. The molecule has 4 rings (SSSR count). The van der Waals surface area contributed by atoms with Crippen LogP contribution in [0.15, 0.2) is 60.3 Å². The number of hydrogen-bond acceptors (Lipinski definition) is 3. The smallest absolute Gasteiger partial charge is 0.335 e. The van der Waals surface area contributed by atoms with Crippen LogP contribution in [0.5, 0.6) is 0 Å². The lowest BCUT2D eigenvalue weighted by molar-refractivity contribution is -0.122. The number of aromatic nitrogens is 1. The Balaban J connectivity index is 1.83. The molecule has 1 aliphatic heterocycles. The first-order chi connectivity index (χ1) is 13.5. The fourth-order valence-electron chi connectivity index (χ4n) is 3.32. The average Bonchev–Trinajstić information content (AvgIpc) is 3.04. The van der Waals surface area contributed by atoms with Crippen LogP contribution in [-0.2, 0) is 16.1 Å². The van der Waals surface area contributed by atoms with Gasteiger partial charge in [0.25, 0.3) is 11.8 Å². The summed E-state index contributed by atoms with van der Waals surface area (Å²) in [5.41, 5.74) is 1.82.